The molecule has 2 heterocycles. The molecular weight excluding hydrogens is 378 g/mol. The summed E-state index contributed by atoms with van der Waals surface area (Å²) in [7, 11) is 3.88. The van der Waals surface area contributed by atoms with Gasteiger partial charge >= 0.3 is 0 Å². The van der Waals surface area contributed by atoms with Gasteiger partial charge in [0.15, 0.2) is 6.61 Å². The van der Waals surface area contributed by atoms with Gasteiger partial charge in [0.05, 0.1) is 10.9 Å². The van der Waals surface area contributed by atoms with Gasteiger partial charge in [0, 0.05) is 30.2 Å². The molecule has 148 valence electrons. The van der Waals surface area contributed by atoms with Crippen molar-refractivity contribution < 1.29 is 13.9 Å². The Labute approximate surface area is 167 Å². The van der Waals surface area contributed by atoms with Crippen LogP contribution in [0.25, 0.3) is 21.5 Å². The average molecular weight is 401 g/mol. The van der Waals surface area contributed by atoms with Crippen LogP contribution in [0.15, 0.2) is 33.0 Å². The fourth-order valence-corrected chi connectivity index (χ4v) is 3.54. The lowest BCUT2D eigenvalue weighted by atomic mass is 10.1. The van der Waals surface area contributed by atoms with E-state index < -0.39 is 0 Å². The maximum Gasteiger partial charge on any atom is 0.257 e. The third-order valence-corrected chi connectivity index (χ3v) is 5.14. The van der Waals surface area contributed by atoms with Gasteiger partial charge in [-0.05, 0) is 39.6 Å². The van der Waals surface area contributed by atoms with Crippen LogP contribution in [0.2, 0.25) is 0 Å². The summed E-state index contributed by atoms with van der Waals surface area (Å²) in [5.41, 5.74) is 2.34. The predicted molar refractivity (Wildman–Crippen MR) is 110 cm³/mol. The van der Waals surface area contributed by atoms with Crippen LogP contribution < -0.4 is 15.5 Å². The summed E-state index contributed by atoms with van der Waals surface area (Å²) in [6.45, 7) is 4.92. The molecule has 0 saturated heterocycles. The lowest BCUT2D eigenvalue weighted by molar-refractivity contribution is -0.123. The number of aromatic nitrogens is 1. The maximum absolute atomic E-state index is 12.9. The van der Waals surface area contributed by atoms with Crippen LogP contribution in [0.1, 0.15) is 11.3 Å². The third-order valence-electron chi connectivity index (χ3n) is 4.15. The lowest BCUT2D eigenvalue weighted by Gasteiger charge is -2.12. The molecule has 0 unspecified atom stereocenters. The molecule has 3 aromatic rings. The topological polar surface area (TPSA) is 84.7 Å². The van der Waals surface area contributed by atoms with E-state index in [4.69, 9.17) is 9.15 Å². The van der Waals surface area contributed by atoms with Crippen LogP contribution in [0, 0.1) is 13.8 Å². The van der Waals surface area contributed by atoms with Gasteiger partial charge < -0.3 is 19.4 Å². The van der Waals surface area contributed by atoms with Crippen LogP contribution in [0.5, 0.6) is 5.75 Å². The summed E-state index contributed by atoms with van der Waals surface area (Å²) in [4.78, 5) is 31.1. The standard InChI is InChI=1S/C20H23N3O4S/c1-12-7-14(26-10-17(24)21-5-6-23(3)4)8-16-18(12)19(25)15(9-27-16)20-22-13(2)11-28-20/h7-9,11H,5-6,10H2,1-4H3,(H,21,24). The van der Waals surface area contributed by atoms with E-state index in [2.05, 4.69) is 10.3 Å². The number of carbonyl (C=O) groups excluding carboxylic acids is 1. The van der Waals surface area contributed by atoms with Gasteiger partial charge in [0.1, 0.15) is 22.6 Å². The summed E-state index contributed by atoms with van der Waals surface area (Å²) < 4.78 is 11.3. The highest BCUT2D eigenvalue weighted by atomic mass is 32.1. The number of amides is 1. The summed E-state index contributed by atoms with van der Waals surface area (Å²) >= 11 is 1.41. The molecule has 0 spiro atoms. The van der Waals surface area contributed by atoms with Crippen molar-refractivity contribution in [2.45, 2.75) is 13.8 Å². The second-order valence-electron chi connectivity index (χ2n) is 6.83. The predicted octanol–water partition coefficient (Wildman–Crippen LogP) is 2.59. The molecule has 1 aromatic carbocycles. The van der Waals surface area contributed by atoms with E-state index >= 15 is 0 Å². The maximum atomic E-state index is 12.9. The molecule has 8 heteroatoms. The largest absolute Gasteiger partial charge is 0.484 e. The number of hydrogen-bond acceptors (Lipinski definition) is 7. The normalized spacial score (nSPS) is 11.2. The quantitative estimate of drug-likeness (QED) is 0.655. The average Bonchev–Trinajstić information content (AvgIpc) is 3.05. The van der Waals surface area contributed by atoms with Gasteiger partial charge in [-0.25, -0.2) is 4.98 Å². The Bertz CT molecular complexity index is 1060. The number of carbonyl (C=O) groups is 1. The number of hydrogen-bond donors (Lipinski definition) is 1. The van der Waals surface area contributed by atoms with Crippen molar-refractivity contribution >= 4 is 28.2 Å². The lowest BCUT2D eigenvalue weighted by Crippen LogP contribution is -2.34. The van der Waals surface area contributed by atoms with Gasteiger partial charge in [0.2, 0.25) is 5.43 Å². The second-order valence-corrected chi connectivity index (χ2v) is 7.69. The van der Waals surface area contributed by atoms with Crippen LogP contribution in [-0.2, 0) is 4.79 Å². The molecule has 0 aliphatic heterocycles. The zero-order valence-electron chi connectivity index (χ0n) is 16.4. The van der Waals surface area contributed by atoms with Crippen LogP contribution in [-0.4, -0.2) is 49.6 Å². The van der Waals surface area contributed by atoms with E-state index in [1.807, 2.05) is 38.2 Å². The van der Waals surface area contributed by atoms with Crippen molar-refractivity contribution in [1.29, 1.82) is 0 Å². The first-order chi connectivity index (χ1) is 13.3. The van der Waals surface area contributed by atoms with E-state index in [1.165, 1.54) is 17.6 Å². The molecule has 0 radical (unpaired) electrons. The van der Waals surface area contributed by atoms with E-state index in [-0.39, 0.29) is 17.9 Å². The molecule has 0 bridgehead atoms. The van der Waals surface area contributed by atoms with Gasteiger partial charge in [-0.3, -0.25) is 9.59 Å². The molecule has 0 aliphatic rings. The molecule has 7 nitrogen and oxygen atoms in total. The van der Waals surface area contributed by atoms with Crippen LogP contribution >= 0.6 is 11.3 Å². The number of aryl methyl sites for hydroxylation is 2. The highest BCUT2D eigenvalue weighted by molar-refractivity contribution is 7.13. The smallest absolute Gasteiger partial charge is 0.257 e. The minimum absolute atomic E-state index is 0.0981. The van der Waals surface area contributed by atoms with Crippen LogP contribution in [0.3, 0.4) is 0 Å². The van der Waals surface area contributed by atoms with Crippen molar-refractivity contribution in [2.24, 2.45) is 0 Å². The number of fused-ring (bicyclic) bond motifs is 1. The minimum atomic E-state index is -0.199. The summed E-state index contributed by atoms with van der Waals surface area (Å²) in [5, 5.41) is 5.82. The first-order valence-corrected chi connectivity index (χ1v) is 9.76. The van der Waals surface area contributed by atoms with Gasteiger partial charge in [0.25, 0.3) is 5.91 Å². The highest BCUT2D eigenvalue weighted by Gasteiger charge is 2.15. The van der Waals surface area contributed by atoms with Gasteiger partial charge in [-0.1, -0.05) is 0 Å². The third kappa shape index (κ3) is 4.58. The van der Waals surface area contributed by atoms with Gasteiger partial charge in [-0.2, -0.15) is 0 Å². The Balaban J connectivity index is 1.78. The zero-order chi connectivity index (χ0) is 20.3. The van der Waals surface area contributed by atoms with Crippen molar-refractivity contribution in [3.05, 3.63) is 45.3 Å². The molecule has 28 heavy (non-hydrogen) atoms. The number of thiazole rings is 1. The Morgan fingerprint density at radius 2 is 2.11 bits per heavy atom. The van der Waals surface area contributed by atoms with Crippen molar-refractivity contribution in [3.8, 4) is 16.3 Å². The van der Waals surface area contributed by atoms with E-state index in [9.17, 15) is 9.59 Å². The zero-order valence-corrected chi connectivity index (χ0v) is 17.2. The Morgan fingerprint density at radius 1 is 1.32 bits per heavy atom. The molecule has 0 fully saturated rings. The second kappa shape index (κ2) is 8.53. The fourth-order valence-electron chi connectivity index (χ4n) is 2.74. The Kier molecular flexibility index (Phi) is 6.11. The molecular formula is C20H23N3O4S. The summed E-state index contributed by atoms with van der Waals surface area (Å²) in [6, 6.07) is 3.37. The molecule has 1 amide bonds. The SMILES string of the molecule is Cc1csc(-c2coc3cc(OCC(=O)NCCN(C)C)cc(C)c3c2=O)n1. The Hall–Kier alpha value is -2.71. The number of nitrogens with one attached hydrogen (secondary N) is 1. The monoisotopic (exact) mass is 401 g/mol. The molecule has 0 saturated carbocycles. The van der Waals surface area contributed by atoms with Crippen LogP contribution in [0.4, 0.5) is 0 Å². The minimum Gasteiger partial charge on any atom is -0.484 e. The first kappa shape index (κ1) is 20.0. The van der Waals surface area contributed by atoms with E-state index in [0.717, 1.165) is 17.8 Å². The number of ether oxygens (including phenoxy) is 1. The number of rotatable bonds is 7. The summed E-state index contributed by atoms with van der Waals surface area (Å²) in [6.07, 6.45) is 1.43. The molecule has 0 atom stereocenters. The Morgan fingerprint density at radius 3 is 2.79 bits per heavy atom. The van der Waals surface area contributed by atoms with Gasteiger partial charge in [-0.15, -0.1) is 11.3 Å². The molecule has 0 aliphatic carbocycles. The van der Waals surface area contributed by atoms with E-state index in [0.29, 0.717) is 33.8 Å². The summed E-state index contributed by atoms with van der Waals surface area (Å²) in [5.74, 6) is 0.282. The fraction of sp³-hybridized carbons (Fsp3) is 0.350. The van der Waals surface area contributed by atoms with Crippen molar-refractivity contribution in [3.63, 3.8) is 0 Å². The van der Waals surface area contributed by atoms with Crippen molar-refractivity contribution in [1.82, 2.24) is 15.2 Å². The highest BCUT2D eigenvalue weighted by Crippen LogP contribution is 2.27. The number of likely N-dealkylation sites (N-methyl/N-ethyl adjacent to an activating group) is 1. The molecule has 3 rings (SSSR count). The number of nitrogens with zero attached hydrogens (tertiary/aromatic N) is 2. The van der Waals surface area contributed by atoms with E-state index in [1.54, 1.807) is 12.1 Å². The first-order valence-electron chi connectivity index (χ1n) is 8.88. The molecule has 2 aromatic heterocycles. The number of benzene rings is 1. The van der Waals surface area contributed by atoms with Crippen molar-refractivity contribution in [2.75, 3.05) is 33.8 Å². The molecule has 1 N–H and O–H groups in total.